The molecule has 1 aromatic rings. The normalized spacial score (nSPS) is 11.0. The molecule has 152 valence electrons. The number of nitrogens with one attached hydrogen (secondary N) is 3. The Morgan fingerprint density at radius 2 is 2.04 bits per heavy atom. The second kappa shape index (κ2) is 13.3. The molecule has 1 rings (SSSR count). The molecule has 1 unspecified atom stereocenters. The molecule has 12 nitrogen and oxygen atoms in total. The van der Waals surface area contributed by atoms with Crippen molar-refractivity contribution in [2.24, 2.45) is 0 Å². The molecule has 0 aliphatic rings. The molecule has 0 bridgehead atoms. The van der Waals surface area contributed by atoms with Gasteiger partial charge in [-0.15, -0.1) is 22.5 Å². The zero-order chi connectivity index (χ0) is 19.4. The summed E-state index contributed by atoms with van der Waals surface area (Å²) < 4.78 is 0. The van der Waals surface area contributed by atoms with Gasteiger partial charge in [-0.1, -0.05) is 0 Å². The lowest BCUT2D eigenvalue weighted by Crippen LogP contribution is -2.43. The summed E-state index contributed by atoms with van der Waals surface area (Å²) in [5, 5.41) is 23.1. The third-order valence-electron chi connectivity index (χ3n) is 3.28. The average Bonchev–Trinajstić information content (AvgIpc) is 3.06. The smallest absolute Gasteiger partial charge is 0.326 e. The second-order valence-corrected chi connectivity index (χ2v) is 5.35. The van der Waals surface area contributed by atoms with Crippen molar-refractivity contribution in [2.45, 2.75) is 38.1 Å². The number of unbranched alkanes of at least 4 members (excludes halogenated alkanes) is 1. The van der Waals surface area contributed by atoms with Gasteiger partial charge in [0.1, 0.15) is 6.04 Å². The van der Waals surface area contributed by atoms with E-state index in [9.17, 15) is 24.5 Å². The van der Waals surface area contributed by atoms with Crippen LogP contribution >= 0.6 is 12.4 Å². The molecular weight excluding hydrogens is 386 g/mol. The zero-order valence-electron chi connectivity index (χ0n) is 14.4. The molecule has 1 heterocycles. The second-order valence-electron chi connectivity index (χ2n) is 5.35. The molecule has 0 radical (unpaired) electrons. The number of H-pyrrole nitrogens is 1. The Morgan fingerprint density at radius 1 is 1.30 bits per heavy atom. The lowest BCUT2D eigenvalue weighted by atomic mass is 10.1. The summed E-state index contributed by atoms with van der Waals surface area (Å²) in [6.45, 7) is -0.0118. The van der Waals surface area contributed by atoms with Gasteiger partial charge in [0.05, 0.1) is 12.9 Å². The van der Waals surface area contributed by atoms with Crippen LogP contribution in [0.3, 0.4) is 0 Å². The summed E-state index contributed by atoms with van der Waals surface area (Å²) in [5.41, 5.74) is 0.576. The summed E-state index contributed by atoms with van der Waals surface area (Å²) in [7, 11) is 0. The fourth-order valence-electron chi connectivity index (χ4n) is 2.01. The van der Waals surface area contributed by atoms with Crippen LogP contribution in [-0.4, -0.2) is 57.1 Å². The van der Waals surface area contributed by atoms with Crippen molar-refractivity contribution in [3.8, 4) is 0 Å². The average molecular weight is 408 g/mol. The largest absolute Gasteiger partial charge is 0.480 e. The quantitative estimate of drug-likeness (QED) is 0.198. The first-order valence-electron chi connectivity index (χ1n) is 7.92. The Kier molecular flexibility index (Phi) is 11.9. The van der Waals surface area contributed by atoms with E-state index < -0.39 is 23.0 Å². The lowest BCUT2D eigenvalue weighted by Gasteiger charge is -2.13. The van der Waals surface area contributed by atoms with Crippen molar-refractivity contribution in [3.05, 3.63) is 28.3 Å². The SMILES string of the molecule is Cl.O=C(CCCCO[N+](=O)[O-])NCCC(=O)NC(Cc1cnc[nH]1)C(=O)O. The minimum atomic E-state index is -1.17. The van der Waals surface area contributed by atoms with Crippen LogP contribution in [0.15, 0.2) is 12.5 Å². The number of nitrogens with zero attached hydrogens (tertiary/aromatic N) is 2. The van der Waals surface area contributed by atoms with Crippen molar-refractivity contribution in [1.82, 2.24) is 20.6 Å². The zero-order valence-corrected chi connectivity index (χ0v) is 15.2. The first-order chi connectivity index (χ1) is 12.4. The molecule has 0 fully saturated rings. The number of carboxylic acids is 1. The number of aromatic nitrogens is 2. The lowest BCUT2D eigenvalue weighted by molar-refractivity contribution is -0.757. The minimum absolute atomic E-state index is 0. The first kappa shape index (κ1) is 24.1. The van der Waals surface area contributed by atoms with Crippen molar-refractivity contribution in [2.75, 3.05) is 13.2 Å². The number of hydrogen-bond donors (Lipinski definition) is 4. The number of carbonyl (C=O) groups is 3. The van der Waals surface area contributed by atoms with Crippen molar-refractivity contribution in [3.63, 3.8) is 0 Å². The maximum absolute atomic E-state index is 11.8. The van der Waals surface area contributed by atoms with Crippen LogP contribution in [0.1, 0.15) is 31.4 Å². The molecule has 13 heteroatoms. The maximum atomic E-state index is 11.8. The van der Waals surface area contributed by atoms with Gasteiger partial charge in [-0.2, -0.15) is 0 Å². The molecule has 4 N–H and O–H groups in total. The van der Waals surface area contributed by atoms with E-state index in [1.54, 1.807) is 0 Å². The Balaban J connectivity index is 0.00000676. The third-order valence-corrected chi connectivity index (χ3v) is 3.28. The summed E-state index contributed by atoms with van der Waals surface area (Å²) in [5.74, 6) is -1.98. The van der Waals surface area contributed by atoms with Gasteiger partial charge >= 0.3 is 5.97 Å². The maximum Gasteiger partial charge on any atom is 0.326 e. The number of hydrogen-bond acceptors (Lipinski definition) is 7. The van der Waals surface area contributed by atoms with E-state index in [4.69, 9.17) is 5.11 Å². The number of carbonyl (C=O) groups excluding carboxylic acids is 2. The monoisotopic (exact) mass is 407 g/mol. The predicted molar refractivity (Wildman–Crippen MR) is 93.5 cm³/mol. The van der Waals surface area contributed by atoms with Gasteiger partial charge in [0.15, 0.2) is 0 Å². The number of halogens is 1. The Morgan fingerprint density at radius 3 is 2.63 bits per heavy atom. The van der Waals surface area contributed by atoms with Gasteiger partial charge < -0.3 is 25.6 Å². The van der Waals surface area contributed by atoms with Crippen LogP contribution < -0.4 is 10.6 Å². The van der Waals surface area contributed by atoms with E-state index in [0.717, 1.165) is 0 Å². The topological polar surface area (TPSA) is 177 Å². The fraction of sp³-hybridized carbons (Fsp3) is 0.571. The molecule has 2 amide bonds. The molecule has 0 aromatic carbocycles. The molecule has 0 saturated carbocycles. The first-order valence-corrected chi connectivity index (χ1v) is 7.92. The number of carboxylic acid groups (broad SMARTS) is 1. The fourth-order valence-corrected chi connectivity index (χ4v) is 2.01. The molecule has 1 aromatic heterocycles. The highest BCUT2D eigenvalue weighted by atomic mass is 35.5. The number of aromatic amines is 1. The molecule has 27 heavy (non-hydrogen) atoms. The van der Waals surface area contributed by atoms with Gasteiger partial charge in [0.25, 0.3) is 5.09 Å². The van der Waals surface area contributed by atoms with Crippen LogP contribution in [0.4, 0.5) is 0 Å². The molecule has 1 atom stereocenters. The Bertz CT molecular complexity index is 611. The van der Waals surface area contributed by atoms with Gasteiger partial charge in [-0.25, -0.2) is 9.78 Å². The van der Waals surface area contributed by atoms with E-state index in [-0.39, 0.29) is 50.7 Å². The van der Waals surface area contributed by atoms with Crippen LogP contribution in [0.2, 0.25) is 0 Å². The van der Waals surface area contributed by atoms with Crippen LogP contribution in [0, 0.1) is 10.1 Å². The highest BCUT2D eigenvalue weighted by Gasteiger charge is 2.20. The van der Waals surface area contributed by atoms with Gasteiger partial charge in [-0.3, -0.25) is 9.59 Å². The Hall–Kier alpha value is -2.89. The van der Waals surface area contributed by atoms with Crippen LogP contribution in [0.25, 0.3) is 0 Å². The van der Waals surface area contributed by atoms with E-state index in [0.29, 0.717) is 18.5 Å². The summed E-state index contributed by atoms with van der Waals surface area (Å²) >= 11 is 0. The molecule has 0 aliphatic carbocycles. The van der Waals surface area contributed by atoms with E-state index >= 15 is 0 Å². The van der Waals surface area contributed by atoms with Crippen molar-refractivity contribution in [1.29, 1.82) is 0 Å². The molecule has 0 spiro atoms. The number of rotatable bonds is 13. The van der Waals surface area contributed by atoms with Crippen molar-refractivity contribution < 1.29 is 29.4 Å². The minimum Gasteiger partial charge on any atom is -0.480 e. The van der Waals surface area contributed by atoms with Gasteiger partial charge in [-0.05, 0) is 12.8 Å². The number of imidazole rings is 1. The highest BCUT2D eigenvalue weighted by Crippen LogP contribution is 2.00. The van der Waals surface area contributed by atoms with Crippen molar-refractivity contribution >= 4 is 30.2 Å². The number of amides is 2. The summed E-state index contributed by atoms with van der Waals surface area (Å²) in [6, 6.07) is -1.10. The van der Waals surface area contributed by atoms with Crippen LogP contribution in [-0.2, 0) is 25.6 Å². The van der Waals surface area contributed by atoms with E-state index in [1.807, 2.05) is 0 Å². The number of aliphatic carboxylic acids is 1. The van der Waals surface area contributed by atoms with Gasteiger partial charge in [0.2, 0.25) is 11.8 Å². The summed E-state index contributed by atoms with van der Waals surface area (Å²) in [6.07, 6.45) is 3.82. The predicted octanol–water partition coefficient (Wildman–Crippen LogP) is -0.172. The van der Waals surface area contributed by atoms with E-state index in [1.165, 1.54) is 12.5 Å². The standard InChI is InChI=1S/C14H21N5O7.ClH/c20-12(3-1-2-6-26-19(24)25)16-5-4-13(21)18-11(14(22)23)7-10-8-15-9-17-10;/h8-9,11H,1-7H2,(H,15,17)(H,16,20)(H,18,21)(H,22,23);1H. The molecular formula is C14H22ClN5O7. The molecule has 0 saturated heterocycles. The Labute approximate surface area is 160 Å². The molecule has 0 aliphatic heterocycles. The van der Waals surface area contributed by atoms with E-state index in [2.05, 4.69) is 25.4 Å². The van der Waals surface area contributed by atoms with Crippen LogP contribution in [0.5, 0.6) is 0 Å². The highest BCUT2D eigenvalue weighted by molar-refractivity contribution is 5.85. The third kappa shape index (κ3) is 11.4. The summed E-state index contributed by atoms with van der Waals surface area (Å²) in [4.78, 5) is 55.1. The van der Waals surface area contributed by atoms with Gasteiger partial charge in [0, 0.05) is 37.7 Å².